The van der Waals surface area contributed by atoms with Gasteiger partial charge in [0.15, 0.2) is 6.10 Å². The van der Waals surface area contributed by atoms with E-state index < -0.39 is 28.2 Å². The minimum absolute atomic E-state index is 0.322. The molecule has 1 amide bonds. The van der Waals surface area contributed by atoms with E-state index in [0.29, 0.717) is 38.9 Å². The van der Waals surface area contributed by atoms with E-state index in [1.165, 1.54) is 4.31 Å². The number of ether oxygens (including phenoxy) is 1. The molecular formula is C12H22N2O6S. The van der Waals surface area contributed by atoms with Crippen LogP contribution in [0.15, 0.2) is 0 Å². The summed E-state index contributed by atoms with van der Waals surface area (Å²) in [4.78, 5) is 22.5. The van der Waals surface area contributed by atoms with Gasteiger partial charge in [-0.2, -0.15) is 0 Å². The molecule has 1 aliphatic heterocycles. The van der Waals surface area contributed by atoms with Crippen molar-refractivity contribution in [3.05, 3.63) is 0 Å². The van der Waals surface area contributed by atoms with Gasteiger partial charge in [-0.05, 0) is 19.3 Å². The van der Waals surface area contributed by atoms with Crippen LogP contribution in [0.5, 0.6) is 0 Å². The molecule has 0 aromatic rings. The predicted molar refractivity (Wildman–Crippen MR) is 75.2 cm³/mol. The van der Waals surface area contributed by atoms with E-state index >= 15 is 0 Å². The number of amides is 1. The number of carbonyl (C=O) groups is 2. The molecule has 0 radical (unpaired) electrons. The van der Waals surface area contributed by atoms with E-state index in [4.69, 9.17) is 9.84 Å². The summed E-state index contributed by atoms with van der Waals surface area (Å²) in [5.74, 6) is -1.40. The Morgan fingerprint density at radius 2 is 1.95 bits per heavy atom. The molecule has 21 heavy (non-hydrogen) atoms. The number of nitrogens with one attached hydrogen (secondary N) is 1. The monoisotopic (exact) mass is 322 g/mol. The molecule has 0 unspecified atom stereocenters. The third-order valence-corrected chi connectivity index (χ3v) is 4.67. The average molecular weight is 322 g/mol. The van der Waals surface area contributed by atoms with Crippen molar-refractivity contribution in [2.24, 2.45) is 0 Å². The highest BCUT2D eigenvalue weighted by atomic mass is 32.2. The van der Waals surface area contributed by atoms with Gasteiger partial charge in [-0.25, -0.2) is 17.5 Å². The lowest BCUT2D eigenvalue weighted by Crippen LogP contribution is -2.38. The Labute approximate surface area is 124 Å². The fraction of sp³-hybridized carbons (Fsp3) is 0.833. The molecule has 0 aromatic carbocycles. The number of hydrogen-bond acceptors (Lipinski definition) is 5. The number of sulfonamides is 1. The van der Waals surface area contributed by atoms with Crippen LogP contribution in [0.25, 0.3) is 0 Å². The molecule has 0 bridgehead atoms. The van der Waals surface area contributed by atoms with Crippen LogP contribution in [0.2, 0.25) is 0 Å². The van der Waals surface area contributed by atoms with Crippen LogP contribution >= 0.6 is 0 Å². The number of carbonyl (C=O) groups excluding carboxylic acids is 1. The number of rotatable bonds is 8. The number of hydrogen-bond donors (Lipinski definition) is 2. The summed E-state index contributed by atoms with van der Waals surface area (Å²) in [6, 6.07) is 0. The number of nitrogens with zero attached hydrogens (tertiary/aromatic N) is 1. The van der Waals surface area contributed by atoms with E-state index in [-0.39, 0.29) is 5.91 Å². The first-order valence-corrected chi connectivity index (χ1v) is 8.71. The average Bonchev–Trinajstić information content (AvgIpc) is 2.86. The van der Waals surface area contributed by atoms with Crippen molar-refractivity contribution in [2.75, 3.05) is 25.9 Å². The fourth-order valence-electron chi connectivity index (χ4n) is 2.15. The van der Waals surface area contributed by atoms with Crippen molar-refractivity contribution in [1.82, 2.24) is 9.62 Å². The molecule has 0 spiro atoms. The van der Waals surface area contributed by atoms with Crippen molar-refractivity contribution in [2.45, 2.75) is 38.4 Å². The Morgan fingerprint density at radius 1 is 1.33 bits per heavy atom. The summed E-state index contributed by atoms with van der Waals surface area (Å²) in [5, 5.41) is 11.4. The fourth-order valence-corrected chi connectivity index (χ4v) is 3.08. The van der Waals surface area contributed by atoms with Gasteiger partial charge in [-0.3, -0.25) is 4.79 Å². The highest BCUT2D eigenvalue weighted by Crippen LogP contribution is 2.19. The molecule has 1 aliphatic rings. The standard InChI is InChI=1S/C12H22N2O6S/c1-3-14(21(2,18)19)8-4-7-13-11(15)9-5-6-10(20-9)12(16)17/h9-10H,3-8H2,1-2H3,(H,13,15)(H,16,17)/t9-,10+/m0/s1. The summed E-state index contributed by atoms with van der Waals surface area (Å²) in [7, 11) is -3.22. The van der Waals surface area contributed by atoms with Crippen molar-refractivity contribution in [3.63, 3.8) is 0 Å². The van der Waals surface area contributed by atoms with Crippen molar-refractivity contribution in [3.8, 4) is 0 Å². The molecular weight excluding hydrogens is 300 g/mol. The Morgan fingerprint density at radius 3 is 2.43 bits per heavy atom. The van der Waals surface area contributed by atoms with Crippen LogP contribution in [0.3, 0.4) is 0 Å². The van der Waals surface area contributed by atoms with Crippen molar-refractivity contribution < 1.29 is 27.9 Å². The minimum Gasteiger partial charge on any atom is -0.479 e. The third kappa shape index (κ3) is 5.60. The van der Waals surface area contributed by atoms with Crippen LogP contribution in [-0.4, -0.2) is 67.8 Å². The Hall–Kier alpha value is -1.19. The lowest BCUT2D eigenvalue weighted by molar-refractivity contribution is -0.151. The number of carboxylic acids is 1. The zero-order valence-electron chi connectivity index (χ0n) is 12.2. The zero-order chi connectivity index (χ0) is 16.0. The zero-order valence-corrected chi connectivity index (χ0v) is 13.1. The SMILES string of the molecule is CCN(CCCNC(=O)[C@@H]1CC[C@H](C(=O)O)O1)S(C)(=O)=O. The van der Waals surface area contributed by atoms with E-state index in [9.17, 15) is 18.0 Å². The quantitative estimate of drug-likeness (QED) is 0.577. The van der Waals surface area contributed by atoms with Gasteiger partial charge in [-0.15, -0.1) is 0 Å². The van der Waals surface area contributed by atoms with Gasteiger partial charge in [0.1, 0.15) is 6.10 Å². The van der Waals surface area contributed by atoms with Crippen molar-refractivity contribution >= 4 is 21.9 Å². The predicted octanol–water partition coefficient (Wildman–Crippen LogP) is -0.594. The van der Waals surface area contributed by atoms with Crippen LogP contribution in [-0.2, 0) is 24.3 Å². The lowest BCUT2D eigenvalue weighted by Gasteiger charge is -2.18. The summed E-state index contributed by atoms with van der Waals surface area (Å²) in [5.41, 5.74) is 0. The summed E-state index contributed by atoms with van der Waals surface area (Å²) in [6.07, 6.45) is 0.693. The first-order valence-electron chi connectivity index (χ1n) is 6.86. The molecule has 2 atom stereocenters. The largest absolute Gasteiger partial charge is 0.479 e. The highest BCUT2D eigenvalue weighted by Gasteiger charge is 2.34. The maximum absolute atomic E-state index is 11.8. The maximum atomic E-state index is 11.8. The molecule has 1 fully saturated rings. The van der Waals surface area contributed by atoms with Gasteiger partial charge < -0.3 is 15.2 Å². The van der Waals surface area contributed by atoms with E-state index in [2.05, 4.69) is 5.32 Å². The molecule has 9 heteroatoms. The Balaban J connectivity index is 2.27. The maximum Gasteiger partial charge on any atom is 0.332 e. The molecule has 0 saturated carbocycles. The summed E-state index contributed by atoms with van der Waals surface area (Å²) in [6.45, 7) is 2.79. The Kier molecular flexibility index (Phi) is 6.56. The smallest absolute Gasteiger partial charge is 0.332 e. The summed E-state index contributed by atoms with van der Waals surface area (Å²) >= 11 is 0. The molecule has 122 valence electrons. The van der Waals surface area contributed by atoms with Crippen LogP contribution in [0.1, 0.15) is 26.2 Å². The normalized spacial score (nSPS) is 22.4. The second-order valence-electron chi connectivity index (χ2n) is 4.93. The molecule has 0 aliphatic carbocycles. The minimum atomic E-state index is -3.22. The second kappa shape index (κ2) is 7.71. The summed E-state index contributed by atoms with van der Waals surface area (Å²) < 4.78 is 29.2. The molecule has 8 nitrogen and oxygen atoms in total. The van der Waals surface area contributed by atoms with E-state index in [0.717, 1.165) is 6.26 Å². The molecule has 1 rings (SSSR count). The highest BCUT2D eigenvalue weighted by molar-refractivity contribution is 7.88. The molecule has 1 heterocycles. The Bertz CT molecular complexity index is 478. The van der Waals surface area contributed by atoms with Gasteiger partial charge in [0.05, 0.1) is 6.26 Å². The molecule has 2 N–H and O–H groups in total. The third-order valence-electron chi connectivity index (χ3n) is 3.29. The lowest BCUT2D eigenvalue weighted by atomic mass is 10.2. The van der Waals surface area contributed by atoms with Gasteiger partial charge in [0.25, 0.3) is 0 Å². The van der Waals surface area contributed by atoms with Gasteiger partial charge in [0, 0.05) is 19.6 Å². The van der Waals surface area contributed by atoms with E-state index in [1.54, 1.807) is 6.92 Å². The first kappa shape index (κ1) is 17.9. The number of carboxylic acid groups (broad SMARTS) is 1. The van der Waals surface area contributed by atoms with Gasteiger partial charge in [0.2, 0.25) is 15.9 Å². The van der Waals surface area contributed by atoms with E-state index in [1.807, 2.05) is 0 Å². The molecule has 0 aromatic heterocycles. The van der Waals surface area contributed by atoms with Gasteiger partial charge >= 0.3 is 5.97 Å². The van der Waals surface area contributed by atoms with Crippen LogP contribution in [0.4, 0.5) is 0 Å². The topological polar surface area (TPSA) is 113 Å². The molecule has 1 saturated heterocycles. The van der Waals surface area contributed by atoms with Crippen LogP contribution < -0.4 is 5.32 Å². The second-order valence-corrected chi connectivity index (χ2v) is 6.91. The van der Waals surface area contributed by atoms with Gasteiger partial charge in [-0.1, -0.05) is 6.92 Å². The first-order chi connectivity index (χ1) is 9.75. The van der Waals surface area contributed by atoms with Crippen LogP contribution in [0, 0.1) is 0 Å². The van der Waals surface area contributed by atoms with Crippen molar-refractivity contribution in [1.29, 1.82) is 0 Å². The number of aliphatic carboxylic acids is 1.